The topological polar surface area (TPSA) is 82.5 Å². The van der Waals surface area contributed by atoms with Crippen LogP contribution in [0.1, 0.15) is 17.8 Å². The van der Waals surface area contributed by atoms with Crippen molar-refractivity contribution in [3.05, 3.63) is 64.2 Å². The Morgan fingerprint density at radius 2 is 1.86 bits per heavy atom. The number of methoxy groups -OCH3 is 2. The summed E-state index contributed by atoms with van der Waals surface area (Å²) >= 11 is 0. The fourth-order valence-electron chi connectivity index (χ4n) is 3.23. The number of hydrogen-bond acceptors (Lipinski definition) is 5. The summed E-state index contributed by atoms with van der Waals surface area (Å²) in [6.45, 7) is 2.54. The molecule has 3 aromatic rings. The van der Waals surface area contributed by atoms with Gasteiger partial charge in [0.25, 0.3) is 5.56 Å². The number of rotatable bonds is 8. The number of aromatic nitrogens is 2. The molecule has 0 aliphatic rings. The van der Waals surface area contributed by atoms with Crippen LogP contribution < -0.4 is 20.3 Å². The molecule has 7 nitrogen and oxygen atoms in total. The highest BCUT2D eigenvalue weighted by molar-refractivity contribution is 5.77. The molecule has 0 spiro atoms. The van der Waals surface area contributed by atoms with Gasteiger partial charge in [-0.25, -0.2) is 4.98 Å². The maximum Gasteiger partial charge on any atom is 0.261 e. The number of ether oxygens (including phenoxy) is 2. The zero-order valence-corrected chi connectivity index (χ0v) is 16.9. The van der Waals surface area contributed by atoms with Crippen LogP contribution in [0.4, 0.5) is 0 Å². The number of fused-ring (bicyclic) bond motifs is 1. The van der Waals surface area contributed by atoms with Crippen LogP contribution in [0, 0.1) is 6.92 Å². The molecule has 1 aromatic heterocycles. The number of nitrogens with zero attached hydrogens (tertiary/aromatic N) is 2. The minimum Gasteiger partial charge on any atom is -0.493 e. The summed E-state index contributed by atoms with van der Waals surface area (Å²) in [7, 11) is 3.17. The van der Waals surface area contributed by atoms with E-state index >= 15 is 0 Å². The van der Waals surface area contributed by atoms with Crippen molar-refractivity contribution in [1.82, 2.24) is 14.9 Å². The molecule has 0 saturated heterocycles. The largest absolute Gasteiger partial charge is 0.493 e. The molecule has 2 aromatic carbocycles. The van der Waals surface area contributed by atoms with Crippen molar-refractivity contribution < 1.29 is 14.3 Å². The second-order valence-corrected chi connectivity index (χ2v) is 6.67. The molecule has 152 valence electrons. The second-order valence-electron chi connectivity index (χ2n) is 6.67. The van der Waals surface area contributed by atoms with Crippen molar-refractivity contribution in [1.29, 1.82) is 0 Å². The maximum atomic E-state index is 12.6. The molecule has 0 bridgehead atoms. The normalized spacial score (nSPS) is 10.7. The summed E-state index contributed by atoms with van der Waals surface area (Å²) in [6.07, 6.45) is 0.933. The van der Waals surface area contributed by atoms with Gasteiger partial charge in [0.05, 0.1) is 25.1 Å². The Bertz CT molecular complexity index is 1080. The van der Waals surface area contributed by atoms with Crippen molar-refractivity contribution in [2.75, 3.05) is 20.8 Å². The number of hydrogen-bond donors (Lipinski definition) is 1. The second kappa shape index (κ2) is 9.23. The van der Waals surface area contributed by atoms with E-state index in [1.165, 1.54) is 0 Å². The SMILES string of the molecule is COc1ccc(CCC(=O)NCCn2c(C)nc3ccccc3c2=O)cc1OC. The van der Waals surface area contributed by atoms with Crippen molar-refractivity contribution >= 4 is 16.8 Å². The fourth-order valence-corrected chi connectivity index (χ4v) is 3.23. The van der Waals surface area contributed by atoms with E-state index in [1.807, 2.05) is 36.4 Å². The molecule has 7 heteroatoms. The van der Waals surface area contributed by atoms with E-state index in [1.54, 1.807) is 31.8 Å². The number of amides is 1. The Kier molecular flexibility index (Phi) is 6.49. The van der Waals surface area contributed by atoms with Crippen LogP contribution in [0.5, 0.6) is 11.5 Å². The average molecular weight is 395 g/mol. The summed E-state index contributed by atoms with van der Waals surface area (Å²) in [6, 6.07) is 12.9. The van der Waals surface area contributed by atoms with Gasteiger partial charge in [0.2, 0.25) is 5.91 Å². The molecule has 0 radical (unpaired) electrons. The molecule has 0 fully saturated rings. The lowest BCUT2D eigenvalue weighted by atomic mass is 10.1. The lowest BCUT2D eigenvalue weighted by Gasteiger charge is -2.12. The first kappa shape index (κ1) is 20.4. The van der Waals surface area contributed by atoms with Crippen LogP contribution in [-0.4, -0.2) is 36.2 Å². The number of nitrogens with one attached hydrogen (secondary N) is 1. The third-order valence-corrected chi connectivity index (χ3v) is 4.80. The first-order valence-electron chi connectivity index (χ1n) is 9.47. The Hall–Kier alpha value is -3.35. The molecule has 0 unspecified atom stereocenters. The molecule has 0 atom stereocenters. The van der Waals surface area contributed by atoms with Gasteiger partial charge in [-0.1, -0.05) is 18.2 Å². The average Bonchev–Trinajstić information content (AvgIpc) is 2.74. The van der Waals surface area contributed by atoms with Crippen molar-refractivity contribution in [2.24, 2.45) is 0 Å². The van der Waals surface area contributed by atoms with Gasteiger partial charge in [0, 0.05) is 19.5 Å². The van der Waals surface area contributed by atoms with Crippen LogP contribution in [-0.2, 0) is 17.8 Å². The predicted molar refractivity (Wildman–Crippen MR) is 112 cm³/mol. The summed E-state index contributed by atoms with van der Waals surface area (Å²) in [5, 5.41) is 3.45. The van der Waals surface area contributed by atoms with E-state index in [9.17, 15) is 9.59 Å². The van der Waals surface area contributed by atoms with E-state index in [-0.39, 0.29) is 11.5 Å². The molecule has 1 amide bonds. The smallest absolute Gasteiger partial charge is 0.261 e. The van der Waals surface area contributed by atoms with Gasteiger partial charge in [-0.05, 0) is 43.2 Å². The van der Waals surface area contributed by atoms with Crippen LogP contribution in [0.3, 0.4) is 0 Å². The number of aryl methyl sites for hydroxylation is 2. The molecule has 0 aliphatic heterocycles. The van der Waals surface area contributed by atoms with E-state index in [2.05, 4.69) is 10.3 Å². The van der Waals surface area contributed by atoms with Gasteiger partial charge in [-0.2, -0.15) is 0 Å². The Morgan fingerprint density at radius 3 is 2.62 bits per heavy atom. The molecular formula is C22H25N3O4. The molecule has 29 heavy (non-hydrogen) atoms. The third kappa shape index (κ3) is 4.74. The van der Waals surface area contributed by atoms with Crippen LogP contribution in [0.15, 0.2) is 47.3 Å². The first-order valence-corrected chi connectivity index (χ1v) is 9.47. The minimum absolute atomic E-state index is 0.0702. The summed E-state index contributed by atoms with van der Waals surface area (Å²) in [4.78, 5) is 29.3. The van der Waals surface area contributed by atoms with E-state index < -0.39 is 0 Å². The van der Waals surface area contributed by atoms with E-state index in [0.29, 0.717) is 54.2 Å². The third-order valence-electron chi connectivity index (χ3n) is 4.80. The van der Waals surface area contributed by atoms with Crippen LogP contribution >= 0.6 is 0 Å². The van der Waals surface area contributed by atoms with Gasteiger partial charge in [-0.3, -0.25) is 14.2 Å². The summed E-state index contributed by atoms with van der Waals surface area (Å²) < 4.78 is 12.1. The molecule has 1 heterocycles. The van der Waals surface area contributed by atoms with Gasteiger partial charge in [-0.15, -0.1) is 0 Å². The highest BCUT2D eigenvalue weighted by Crippen LogP contribution is 2.27. The van der Waals surface area contributed by atoms with Gasteiger partial charge < -0.3 is 14.8 Å². The predicted octanol–water partition coefficient (Wildman–Crippen LogP) is 2.47. The highest BCUT2D eigenvalue weighted by atomic mass is 16.5. The highest BCUT2D eigenvalue weighted by Gasteiger charge is 2.09. The van der Waals surface area contributed by atoms with Gasteiger partial charge in [0.15, 0.2) is 11.5 Å². The molecule has 3 rings (SSSR count). The Labute approximate surface area is 169 Å². The summed E-state index contributed by atoms with van der Waals surface area (Å²) in [5.41, 5.74) is 1.58. The Balaban J connectivity index is 1.55. The summed E-state index contributed by atoms with van der Waals surface area (Å²) in [5.74, 6) is 1.86. The quantitative estimate of drug-likeness (QED) is 0.634. The fraction of sp³-hybridized carbons (Fsp3) is 0.318. The monoisotopic (exact) mass is 395 g/mol. The molecule has 1 N–H and O–H groups in total. The van der Waals surface area contributed by atoms with Gasteiger partial charge in [0.1, 0.15) is 5.82 Å². The maximum absolute atomic E-state index is 12.6. The standard InChI is InChI=1S/C22H25N3O4/c1-15-24-18-7-5-4-6-17(18)22(27)25(15)13-12-23-21(26)11-9-16-8-10-19(28-2)20(14-16)29-3/h4-8,10,14H,9,11-13H2,1-3H3,(H,23,26). The number of carbonyl (C=O) groups is 1. The lowest BCUT2D eigenvalue weighted by Crippen LogP contribution is -2.32. The molecular weight excluding hydrogens is 370 g/mol. The number of para-hydroxylation sites is 1. The molecule has 0 saturated carbocycles. The van der Waals surface area contributed by atoms with Crippen LogP contribution in [0.25, 0.3) is 10.9 Å². The van der Waals surface area contributed by atoms with Crippen molar-refractivity contribution in [2.45, 2.75) is 26.3 Å². The van der Waals surface area contributed by atoms with Crippen molar-refractivity contribution in [3.63, 3.8) is 0 Å². The van der Waals surface area contributed by atoms with E-state index in [4.69, 9.17) is 9.47 Å². The van der Waals surface area contributed by atoms with Crippen molar-refractivity contribution in [3.8, 4) is 11.5 Å². The lowest BCUT2D eigenvalue weighted by molar-refractivity contribution is -0.121. The zero-order chi connectivity index (χ0) is 20.8. The van der Waals surface area contributed by atoms with E-state index in [0.717, 1.165) is 5.56 Å². The first-order chi connectivity index (χ1) is 14.0. The Morgan fingerprint density at radius 1 is 1.10 bits per heavy atom. The minimum atomic E-state index is -0.0901. The zero-order valence-electron chi connectivity index (χ0n) is 16.9. The molecule has 0 aliphatic carbocycles. The van der Waals surface area contributed by atoms with Crippen LogP contribution in [0.2, 0.25) is 0 Å². The number of benzene rings is 2. The number of carbonyl (C=O) groups excluding carboxylic acids is 1. The van der Waals surface area contributed by atoms with Gasteiger partial charge >= 0.3 is 0 Å².